The maximum absolute atomic E-state index is 6.07. The number of likely N-dealkylation sites (tertiary alicyclic amines) is 1. The predicted octanol–water partition coefficient (Wildman–Crippen LogP) is 1.87. The highest BCUT2D eigenvalue weighted by Gasteiger charge is 2.29. The smallest absolute Gasteiger partial charge is 0.129 e. The van der Waals surface area contributed by atoms with Crippen LogP contribution in [-0.2, 0) is 6.54 Å². The lowest BCUT2D eigenvalue weighted by Gasteiger charge is -2.24. The molecule has 5 heteroatoms. The third-order valence-electron chi connectivity index (χ3n) is 4.24. The Labute approximate surface area is 119 Å². The normalized spacial score (nSPS) is 24.3. The van der Waals surface area contributed by atoms with Crippen molar-refractivity contribution in [3.8, 4) is 0 Å². The summed E-state index contributed by atoms with van der Waals surface area (Å²) < 4.78 is 0. The largest absolute Gasteiger partial charge is 0.355 e. The number of nitrogens with two attached hydrogens (primary N) is 1. The lowest BCUT2D eigenvalue weighted by molar-refractivity contribution is 0.260. The quantitative estimate of drug-likeness (QED) is 0.918. The summed E-state index contributed by atoms with van der Waals surface area (Å²) >= 11 is 6.07. The van der Waals surface area contributed by atoms with Crippen molar-refractivity contribution in [1.82, 2.24) is 9.88 Å². The second kappa shape index (κ2) is 5.65. The van der Waals surface area contributed by atoms with Crippen molar-refractivity contribution >= 4 is 17.4 Å². The first-order chi connectivity index (χ1) is 9.28. The monoisotopic (exact) mass is 280 g/mol. The van der Waals surface area contributed by atoms with Crippen molar-refractivity contribution in [1.29, 1.82) is 0 Å². The van der Waals surface area contributed by atoms with Gasteiger partial charge in [0.05, 0.1) is 10.7 Å². The molecule has 0 bridgehead atoms. The van der Waals surface area contributed by atoms with Gasteiger partial charge in [0.15, 0.2) is 0 Å². The number of rotatable bonds is 3. The SMILES string of the molecule is NCc1nc(N2CCC(N3CCCC3)C2)ccc1Cl. The third-order valence-corrected chi connectivity index (χ3v) is 4.59. The summed E-state index contributed by atoms with van der Waals surface area (Å²) in [5.41, 5.74) is 6.47. The standard InChI is InChI=1S/C14H21ClN4/c15-12-3-4-14(17-13(12)9-16)19-8-5-11(10-19)18-6-1-2-7-18/h3-4,11H,1-2,5-10,16H2. The van der Waals surface area contributed by atoms with Gasteiger partial charge in [0.25, 0.3) is 0 Å². The van der Waals surface area contributed by atoms with E-state index in [4.69, 9.17) is 17.3 Å². The Morgan fingerprint density at radius 1 is 1.26 bits per heavy atom. The van der Waals surface area contributed by atoms with E-state index in [-0.39, 0.29) is 0 Å². The molecule has 0 spiro atoms. The Hall–Kier alpha value is -0.840. The average Bonchev–Trinajstić information content (AvgIpc) is 3.10. The molecule has 0 aliphatic carbocycles. The van der Waals surface area contributed by atoms with Gasteiger partial charge in [-0.15, -0.1) is 0 Å². The molecule has 0 aromatic carbocycles. The first kappa shape index (κ1) is 13.2. The number of aromatic nitrogens is 1. The zero-order valence-corrected chi connectivity index (χ0v) is 11.9. The average molecular weight is 281 g/mol. The maximum atomic E-state index is 6.07. The fourth-order valence-electron chi connectivity index (χ4n) is 3.15. The third kappa shape index (κ3) is 2.71. The van der Waals surface area contributed by atoms with Crippen molar-refractivity contribution in [3.05, 3.63) is 22.8 Å². The molecule has 2 aliphatic rings. The van der Waals surface area contributed by atoms with Crippen LogP contribution in [0.4, 0.5) is 5.82 Å². The van der Waals surface area contributed by atoms with Gasteiger partial charge in [-0.25, -0.2) is 4.98 Å². The van der Waals surface area contributed by atoms with Crippen LogP contribution < -0.4 is 10.6 Å². The van der Waals surface area contributed by atoms with Gasteiger partial charge in [-0.1, -0.05) is 11.6 Å². The van der Waals surface area contributed by atoms with Crippen LogP contribution in [0.1, 0.15) is 25.0 Å². The van der Waals surface area contributed by atoms with Crippen molar-refractivity contribution in [2.24, 2.45) is 5.73 Å². The second-order valence-electron chi connectivity index (χ2n) is 5.43. The molecule has 2 aliphatic heterocycles. The summed E-state index contributed by atoms with van der Waals surface area (Å²) in [7, 11) is 0. The molecule has 1 unspecified atom stereocenters. The van der Waals surface area contributed by atoms with E-state index in [0.717, 1.165) is 24.6 Å². The van der Waals surface area contributed by atoms with E-state index < -0.39 is 0 Å². The molecule has 0 saturated carbocycles. The number of nitrogens with zero attached hydrogens (tertiary/aromatic N) is 3. The van der Waals surface area contributed by atoms with E-state index in [1.54, 1.807) is 0 Å². The van der Waals surface area contributed by atoms with Crippen molar-refractivity contribution in [3.63, 3.8) is 0 Å². The van der Waals surface area contributed by atoms with Crippen LogP contribution >= 0.6 is 11.6 Å². The first-order valence-corrected chi connectivity index (χ1v) is 7.50. The minimum absolute atomic E-state index is 0.399. The molecule has 4 nitrogen and oxygen atoms in total. The highest BCUT2D eigenvalue weighted by molar-refractivity contribution is 6.31. The Kier molecular flexibility index (Phi) is 3.91. The molecule has 1 aromatic rings. The number of pyridine rings is 1. The molecule has 3 heterocycles. The van der Waals surface area contributed by atoms with Crippen LogP contribution in [0.15, 0.2) is 12.1 Å². The fraction of sp³-hybridized carbons (Fsp3) is 0.643. The van der Waals surface area contributed by atoms with Gasteiger partial charge in [0.2, 0.25) is 0 Å². The van der Waals surface area contributed by atoms with E-state index in [0.29, 0.717) is 17.6 Å². The zero-order valence-electron chi connectivity index (χ0n) is 11.2. The number of anilines is 1. The summed E-state index contributed by atoms with van der Waals surface area (Å²) in [5.74, 6) is 1.02. The van der Waals surface area contributed by atoms with E-state index in [9.17, 15) is 0 Å². The van der Waals surface area contributed by atoms with Crippen LogP contribution in [0.25, 0.3) is 0 Å². The molecule has 104 valence electrons. The fourth-order valence-corrected chi connectivity index (χ4v) is 3.33. The van der Waals surface area contributed by atoms with Crippen molar-refractivity contribution < 1.29 is 0 Å². The Balaban J connectivity index is 1.70. The van der Waals surface area contributed by atoms with Gasteiger partial charge >= 0.3 is 0 Å². The molecule has 3 rings (SSSR count). The van der Waals surface area contributed by atoms with Gasteiger partial charge in [0.1, 0.15) is 5.82 Å². The maximum Gasteiger partial charge on any atom is 0.129 e. The Bertz CT molecular complexity index is 445. The number of halogens is 1. The van der Waals surface area contributed by atoms with Crippen LogP contribution in [0.2, 0.25) is 5.02 Å². The molecule has 1 aromatic heterocycles. The summed E-state index contributed by atoms with van der Waals surface area (Å²) in [4.78, 5) is 9.57. The molecule has 0 amide bonds. The minimum atomic E-state index is 0.399. The van der Waals surface area contributed by atoms with Gasteiger partial charge < -0.3 is 10.6 Å². The topological polar surface area (TPSA) is 45.4 Å². The first-order valence-electron chi connectivity index (χ1n) is 7.12. The molecule has 0 radical (unpaired) electrons. The highest BCUT2D eigenvalue weighted by atomic mass is 35.5. The van der Waals surface area contributed by atoms with Gasteiger partial charge in [-0.2, -0.15) is 0 Å². The Morgan fingerprint density at radius 3 is 2.79 bits per heavy atom. The van der Waals surface area contributed by atoms with Crippen LogP contribution in [0.5, 0.6) is 0 Å². The lowest BCUT2D eigenvalue weighted by Crippen LogP contribution is -2.35. The van der Waals surface area contributed by atoms with Crippen LogP contribution in [0.3, 0.4) is 0 Å². The molecule has 2 N–H and O–H groups in total. The highest BCUT2D eigenvalue weighted by Crippen LogP contribution is 2.25. The van der Waals surface area contributed by atoms with Crippen LogP contribution in [-0.4, -0.2) is 42.1 Å². The number of hydrogen-bond donors (Lipinski definition) is 1. The van der Waals surface area contributed by atoms with E-state index in [1.807, 2.05) is 12.1 Å². The lowest BCUT2D eigenvalue weighted by atomic mass is 10.2. The molecule has 1 atom stereocenters. The molecular formula is C14H21ClN4. The minimum Gasteiger partial charge on any atom is -0.355 e. The Morgan fingerprint density at radius 2 is 2.05 bits per heavy atom. The molecule has 2 saturated heterocycles. The van der Waals surface area contributed by atoms with Gasteiger partial charge in [0, 0.05) is 25.7 Å². The second-order valence-corrected chi connectivity index (χ2v) is 5.84. The van der Waals surface area contributed by atoms with Crippen molar-refractivity contribution in [2.45, 2.75) is 31.8 Å². The van der Waals surface area contributed by atoms with E-state index in [2.05, 4.69) is 14.8 Å². The zero-order chi connectivity index (χ0) is 13.2. The molecule has 19 heavy (non-hydrogen) atoms. The molecule has 2 fully saturated rings. The van der Waals surface area contributed by atoms with Crippen LogP contribution in [0, 0.1) is 0 Å². The van der Waals surface area contributed by atoms with Crippen molar-refractivity contribution in [2.75, 3.05) is 31.1 Å². The summed E-state index contributed by atoms with van der Waals surface area (Å²) in [6, 6.07) is 4.62. The van der Waals surface area contributed by atoms with E-state index >= 15 is 0 Å². The predicted molar refractivity (Wildman–Crippen MR) is 78.6 cm³/mol. The van der Waals surface area contributed by atoms with Gasteiger partial charge in [-0.3, -0.25) is 4.90 Å². The van der Waals surface area contributed by atoms with Gasteiger partial charge in [-0.05, 0) is 44.5 Å². The summed E-state index contributed by atoms with van der Waals surface area (Å²) in [6.07, 6.45) is 3.95. The number of hydrogen-bond acceptors (Lipinski definition) is 4. The summed E-state index contributed by atoms with van der Waals surface area (Å²) in [5, 5.41) is 0.668. The molecular weight excluding hydrogens is 260 g/mol. The summed E-state index contributed by atoms with van der Waals surface area (Å²) in [6.45, 7) is 5.09. The van der Waals surface area contributed by atoms with E-state index in [1.165, 1.54) is 32.4 Å².